The van der Waals surface area contributed by atoms with Crippen molar-refractivity contribution >= 4 is 0 Å². The van der Waals surface area contributed by atoms with Crippen molar-refractivity contribution < 1.29 is 17.9 Å². The number of hydrogen-bond donors (Lipinski definition) is 2. The highest BCUT2D eigenvalue weighted by molar-refractivity contribution is 4.84. The minimum Gasteiger partial charge on any atom is -0.344 e. The molecule has 2 unspecified atom stereocenters. The molecule has 16 heavy (non-hydrogen) atoms. The molecule has 0 aromatic heterocycles. The Morgan fingerprint density at radius 2 is 2.06 bits per heavy atom. The highest BCUT2D eigenvalue weighted by Gasteiger charge is 2.39. The summed E-state index contributed by atoms with van der Waals surface area (Å²) < 4.78 is 42.6. The molecule has 3 nitrogen and oxygen atoms in total. The van der Waals surface area contributed by atoms with Gasteiger partial charge in [-0.3, -0.25) is 5.32 Å². The van der Waals surface area contributed by atoms with Gasteiger partial charge >= 0.3 is 6.18 Å². The Morgan fingerprint density at radius 3 is 2.38 bits per heavy atom. The third-order valence-electron chi connectivity index (χ3n) is 3.07. The van der Waals surface area contributed by atoms with E-state index in [1.54, 1.807) is 6.92 Å². The molecule has 6 heteroatoms. The average molecular weight is 240 g/mol. The molecule has 2 atom stereocenters. The monoisotopic (exact) mass is 240 g/mol. The van der Waals surface area contributed by atoms with Gasteiger partial charge < -0.3 is 10.1 Å². The highest BCUT2D eigenvalue weighted by Crippen LogP contribution is 2.28. The fraction of sp³-hybridized carbons (Fsp3) is 1.00. The second-order valence-corrected chi connectivity index (χ2v) is 4.09. The predicted octanol–water partition coefficient (Wildman–Crippen LogP) is 1.85. The van der Waals surface area contributed by atoms with Gasteiger partial charge in [-0.05, 0) is 12.8 Å². The third-order valence-corrected chi connectivity index (χ3v) is 3.07. The van der Waals surface area contributed by atoms with Crippen molar-refractivity contribution in [1.29, 1.82) is 0 Å². The van der Waals surface area contributed by atoms with Crippen LogP contribution < -0.4 is 10.6 Å². The first-order chi connectivity index (χ1) is 7.43. The van der Waals surface area contributed by atoms with Gasteiger partial charge in [-0.25, -0.2) is 0 Å². The highest BCUT2D eigenvalue weighted by atomic mass is 19.4. The fourth-order valence-corrected chi connectivity index (χ4v) is 1.68. The van der Waals surface area contributed by atoms with Crippen molar-refractivity contribution in [1.82, 2.24) is 10.6 Å². The molecule has 1 saturated heterocycles. The van der Waals surface area contributed by atoms with Gasteiger partial charge in [0.1, 0.15) is 12.5 Å². The molecule has 0 radical (unpaired) electrons. The van der Waals surface area contributed by atoms with Gasteiger partial charge in [-0.2, -0.15) is 13.2 Å². The van der Waals surface area contributed by atoms with Crippen LogP contribution in [-0.2, 0) is 4.74 Å². The van der Waals surface area contributed by atoms with Crippen LogP contribution >= 0.6 is 0 Å². The Morgan fingerprint density at radius 1 is 1.44 bits per heavy atom. The van der Waals surface area contributed by atoms with Crippen LogP contribution in [0.3, 0.4) is 0 Å². The summed E-state index contributed by atoms with van der Waals surface area (Å²) in [5.74, 6) is -1.28. The van der Waals surface area contributed by atoms with Crippen LogP contribution in [0.4, 0.5) is 13.2 Å². The first kappa shape index (κ1) is 13.7. The van der Waals surface area contributed by atoms with E-state index in [-0.39, 0.29) is 13.0 Å². The normalized spacial score (nSPS) is 27.6. The number of nitrogens with one attached hydrogen (secondary N) is 2. The van der Waals surface area contributed by atoms with E-state index < -0.39 is 17.8 Å². The van der Waals surface area contributed by atoms with Crippen molar-refractivity contribution in [2.24, 2.45) is 5.92 Å². The molecule has 0 aromatic carbocycles. The van der Waals surface area contributed by atoms with Crippen LogP contribution in [0.5, 0.6) is 0 Å². The first-order valence-corrected chi connectivity index (χ1v) is 5.60. The Hall–Kier alpha value is -0.330. The maximum atomic E-state index is 12.4. The zero-order valence-electron chi connectivity index (χ0n) is 9.66. The summed E-state index contributed by atoms with van der Waals surface area (Å²) in [5.41, 5.74) is -0.454. The van der Waals surface area contributed by atoms with Crippen LogP contribution in [0.2, 0.25) is 0 Å². The average Bonchev–Trinajstić information content (AvgIpc) is 2.14. The topological polar surface area (TPSA) is 33.3 Å². The van der Waals surface area contributed by atoms with Crippen LogP contribution in [-0.4, -0.2) is 31.7 Å². The van der Waals surface area contributed by atoms with Gasteiger partial charge in [0.25, 0.3) is 0 Å². The van der Waals surface area contributed by atoms with E-state index in [9.17, 15) is 13.2 Å². The molecule has 1 aliphatic rings. The molecule has 0 aromatic rings. The van der Waals surface area contributed by atoms with Crippen LogP contribution in [0.25, 0.3) is 0 Å². The Labute approximate surface area is 93.7 Å². The summed E-state index contributed by atoms with van der Waals surface area (Å²) in [6, 6.07) is 0. The molecule has 0 bridgehead atoms. The summed E-state index contributed by atoms with van der Waals surface area (Å²) in [6.07, 6.45) is -3.28. The Kier molecular flexibility index (Phi) is 4.58. The van der Waals surface area contributed by atoms with E-state index in [1.807, 2.05) is 6.92 Å². The molecular weight excluding hydrogens is 221 g/mol. The second kappa shape index (κ2) is 5.33. The van der Waals surface area contributed by atoms with Crippen molar-refractivity contribution in [2.45, 2.75) is 38.6 Å². The summed E-state index contributed by atoms with van der Waals surface area (Å²) in [5, 5.41) is 5.90. The minimum absolute atomic E-state index is 0.0488. The predicted molar refractivity (Wildman–Crippen MR) is 54.8 cm³/mol. The van der Waals surface area contributed by atoms with Crippen molar-refractivity contribution in [2.75, 3.05) is 19.8 Å². The van der Waals surface area contributed by atoms with Gasteiger partial charge in [0.2, 0.25) is 0 Å². The largest absolute Gasteiger partial charge is 0.393 e. The molecule has 1 aliphatic heterocycles. The standard InChI is InChI=1S/C10H19F3N2O/c1-3-8(10(11,12)13)5-14-6-9(4-2)15-7-16-9/h8,14-15H,3-7H2,1-2H3. The van der Waals surface area contributed by atoms with Gasteiger partial charge in [0, 0.05) is 13.1 Å². The SMILES string of the molecule is CCC(CNCC1(CC)NCO1)C(F)(F)F. The zero-order valence-corrected chi connectivity index (χ0v) is 9.66. The molecule has 1 heterocycles. The molecular formula is C10H19F3N2O. The summed E-state index contributed by atoms with van der Waals surface area (Å²) in [4.78, 5) is 0. The number of ether oxygens (including phenoxy) is 1. The summed E-state index contributed by atoms with van der Waals surface area (Å²) in [6.45, 7) is 4.33. The number of rotatable bonds is 6. The van der Waals surface area contributed by atoms with Crippen molar-refractivity contribution in [3.63, 3.8) is 0 Å². The fourth-order valence-electron chi connectivity index (χ4n) is 1.68. The van der Waals surface area contributed by atoms with E-state index in [4.69, 9.17) is 4.74 Å². The van der Waals surface area contributed by atoms with E-state index >= 15 is 0 Å². The Bertz CT molecular complexity index is 211. The van der Waals surface area contributed by atoms with Crippen molar-refractivity contribution in [3.8, 4) is 0 Å². The molecule has 0 amide bonds. The molecule has 0 spiro atoms. The summed E-state index contributed by atoms with van der Waals surface area (Å²) >= 11 is 0. The van der Waals surface area contributed by atoms with Crippen LogP contribution in [0.1, 0.15) is 26.7 Å². The smallest absolute Gasteiger partial charge is 0.344 e. The number of alkyl halides is 3. The summed E-state index contributed by atoms with van der Waals surface area (Å²) in [7, 11) is 0. The molecule has 1 rings (SSSR count). The van der Waals surface area contributed by atoms with E-state index in [2.05, 4.69) is 10.6 Å². The zero-order chi connectivity index (χ0) is 12.2. The van der Waals surface area contributed by atoms with Gasteiger partial charge in [0.05, 0.1) is 5.92 Å². The van der Waals surface area contributed by atoms with E-state index in [0.717, 1.165) is 6.42 Å². The van der Waals surface area contributed by atoms with Gasteiger partial charge in [-0.15, -0.1) is 0 Å². The van der Waals surface area contributed by atoms with Crippen LogP contribution in [0.15, 0.2) is 0 Å². The second-order valence-electron chi connectivity index (χ2n) is 4.09. The lowest BCUT2D eigenvalue weighted by Crippen LogP contribution is -2.64. The lowest BCUT2D eigenvalue weighted by molar-refractivity contribution is -0.189. The first-order valence-electron chi connectivity index (χ1n) is 5.60. The number of halogens is 3. The quantitative estimate of drug-likeness (QED) is 0.743. The van der Waals surface area contributed by atoms with E-state index in [0.29, 0.717) is 13.3 Å². The van der Waals surface area contributed by atoms with E-state index in [1.165, 1.54) is 0 Å². The molecule has 96 valence electrons. The van der Waals surface area contributed by atoms with Crippen molar-refractivity contribution in [3.05, 3.63) is 0 Å². The molecule has 1 fully saturated rings. The maximum Gasteiger partial charge on any atom is 0.393 e. The lowest BCUT2D eigenvalue weighted by atomic mass is 10.1. The molecule has 0 aliphatic carbocycles. The third kappa shape index (κ3) is 3.33. The van der Waals surface area contributed by atoms with Crippen LogP contribution in [0, 0.1) is 5.92 Å². The van der Waals surface area contributed by atoms with Gasteiger partial charge in [0.15, 0.2) is 0 Å². The number of hydrogen-bond acceptors (Lipinski definition) is 3. The molecule has 2 N–H and O–H groups in total. The van der Waals surface area contributed by atoms with Gasteiger partial charge in [-0.1, -0.05) is 13.8 Å². The molecule has 0 saturated carbocycles. The Balaban J connectivity index is 2.28. The maximum absolute atomic E-state index is 12.4. The minimum atomic E-state index is -4.12. The lowest BCUT2D eigenvalue weighted by Gasteiger charge is -2.42.